The zero-order chi connectivity index (χ0) is 16.3. The maximum atomic E-state index is 12.0. The molecule has 0 saturated heterocycles. The van der Waals surface area contributed by atoms with Crippen LogP contribution in [0.1, 0.15) is 11.7 Å². The van der Waals surface area contributed by atoms with Crippen LogP contribution < -0.4 is 4.72 Å². The van der Waals surface area contributed by atoms with Gasteiger partial charge in [-0.3, -0.25) is 0 Å². The largest absolute Gasteiger partial charge is 0.464 e. The van der Waals surface area contributed by atoms with E-state index >= 15 is 0 Å². The molecule has 2 N–H and O–H groups in total. The van der Waals surface area contributed by atoms with Crippen LogP contribution in [0.2, 0.25) is 0 Å². The number of hydrogen-bond donors (Lipinski definition) is 2. The molecule has 2 aromatic heterocycles. The summed E-state index contributed by atoms with van der Waals surface area (Å²) in [4.78, 5) is 0. The summed E-state index contributed by atoms with van der Waals surface area (Å²) in [5, 5.41) is 11.8. The van der Waals surface area contributed by atoms with Crippen LogP contribution in [-0.4, -0.2) is 20.1 Å². The van der Waals surface area contributed by atoms with E-state index in [0.29, 0.717) is 5.56 Å². The summed E-state index contributed by atoms with van der Waals surface area (Å²) in [6, 6.07) is 14.0. The molecule has 1 aromatic carbocycles. The number of aliphatic hydroxyl groups is 1. The van der Waals surface area contributed by atoms with E-state index in [2.05, 4.69) is 4.72 Å². The van der Waals surface area contributed by atoms with Crippen molar-refractivity contribution in [1.82, 2.24) is 4.72 Å². The van der Waals surface area contributed by atoms with Crippen molar-refractivity contribution in [2.24, 2.45) is 0 Å². The van der Waals surface area contributed by atoms with Gasteiger partial charge in [0, 0.05) is 12.1 Å². The highest BCUT2D eigenvalue weighted by atomic mass is 32.2. The molecule has 23 heavy (non-hydrogen) atoms. The molecule has 0 fully saturated rings. The second-order valence-electron chi connectivity index (χ2n) is 4.90. The third-order valence-electron chi connectivity index (χ3n) is 3.33. The molecule has 0 radical (unpaired) electrons. The number of aliphatic hydroxyl groups excluding tert-OH is 1. The summed E-state index contributed by atoms with van der Waals surface area (Å²) in [5.74, 6) is 0.740. The lowest BCUT2D eigenvalue weighted by Gasteiger charge is -2.12. The van der Waals surface area contributed by atoms with Crippen molar-refractivity contribution in [2.75, 3.05) is 6.54 Å². The molecule has 0 aliphatic heterocycles. The van der Waals surface area contributed by atoms with Gasteiger partial charge in [-0.25, -0.2) is 13.1 Å². The lowest BCUT2D eigenvalue weighted by atomic mass is 10.1. The van der Waals surface area contributed by atoms with Gasteiger partial charge in [-0.2, -0.15) is 0 Å². The van der Waals surface area contributed by atoms with E-state index < -0.39 is 16.1 Å². The van der Waals surface area contributed by atoms with Crippen molar-refractivity contribution in [3.8, 4) is 11.3 Å². The maximum absolute atomic E-state index is 12.0. The van der Waals surface area contributed by atoms with Crippen molar-refractivity contribution in [1.29, 1.82) is 0 Å². The Bertz CT molecular complexity index is 838. The molecule has 0 bridgehead atoms. The fourth-order valence-electron chi connectivity index (χ4n) is 2.11. The Morgan fingerprint density at radius 2 is 1.91 bits per heavy atom. The van der Waals surface area contributed by atoms with Crippen molar-refractivity contribution in [2.45, 2.75) is 10.3 Å². The van der Waals surface area contributed by atoms with Crippen LogP contribution >= 0.6 is 11.3 Å². The molecule has 0 aliphatic rings. The number of benzene rings is 1. The zero-order valence-corrected chi connectivity index (χ0v) is 13.7. The zero-order valence-electron chi connectivity index (χ0n) is 12.0. The fraction of sp³-hybridized carbons (Fsp3) is 0.125. The molecule has 2 heterocycles. The van der Waals surface area contributed by atoms with Gasteiger partial charge >= 0.3 is 0 Å². The number of rotatable bonds is 6. The number of furan rings is 1. The van der Waals surface area contributed by atoms with E-state index in [0.717, 1.165) is 22.7 Å². The van der Waals surface area contributed by atoms with Crippen LogP contribution in [0.15, 0.2) is 68.8 Å². The minimum atomic E-state index is -3.57. The first-order valence-electron chi connectivity index (χ1n) is 6.91. The van der Waals surface area contributed by atoms with Crippen LogP contribution in [0, 0.1) is 0 Å². The normalized spacial score (nSPS) is 13.1. The molecule has 1 atom stereocenters. The third kappa shape index (κ3) is 3.70. The first-order chi connectivity index (χ1) is 11.1. The van der Waals surface area contributed by atoms with E-state index in [1.54, 1.807) is 35.9 Å². The smallest absolute Gasteiger partial charge is 0.250 e. The highest BCUT2D eigenvalue weighted by Crippen LogP contribution is 2.22. The summed E-state index contributed by atoms with van der Waals surface area (Å²) < 4.78 is 32.0. The molecule has 0 spiro atoms. The molecular weight excluding hydrogens is 334 g/mol. The van der Waals surface area contributed by atoms with Crippen LogP contribution in [0.5, 0.6) is 0 Å². The third-order valence-corrected chi connectivity index (χ3v) is 6.15. The lowest BCUT2D eigenvalue weighted by molar-refractivity contribution is 0.182. The minimum absolute atomic E-state index is 0.0830. The van der Waals surface area contributed by atoms with Gasteiger partial charge in [-0.05, 0) is 29.1 Å². The molecule has 0 saturated carbocycles. The average Bonchev–Trinajstić information content (AvgIpc) is 3.26. The van der Waals surface area contributed by atoms with E-state index in [9.17, 15) is 13.5 Å². The van der Waals surface area contributed by atoms with Crippen molar-refractivity contribution in [3.63, 3.8) is 0 Å². The first-order valence-corrected chi connectivity index (χ1v) is 9.27. The number of nitrogens with one attached hydrogen (secondary N) is 1. The predicted octanol–water partition coefficient (Wildman–Crippen LogP) is 3.02. The Labute approximate surface area is 138 Å². The summed E-state index contributed by atoms with van der Waals surface area (Å²) in [7, 11) is -3.57. The minimum Gasteiger partial charge on any atom is -0.464 e. The highest BCUT2D eigenvalue weighted by molar-refractivity contribution is 7.91. The fourth-order valence-corrected chi connectivity index (χ4v) is 4.18. The van der Waals surface area contributed by atoms with Crippen LogP contribution in [0.3, 0.4) is 0 Å². The molecule has 7 heteroatoms. The number of thiophene rings is 1. The average molecular weight is 349 g/mol. The van der Waals surface area contributed by atoms with E-state index in [4.69, 9.17) is 4.42 Å². The summed E-state index contributed by atoms with van der Waals surface area (Å²) in [6.07, 6.45) is 0.674. The summed E-state index contributed by atoms with van der Waals surface area (Å²) in [6.45, 7) is -0.0830. The second-order valence-corrected chi connectivity index (χ2v) is 7.84. The Morgan fingerprint density at radius 3 is 2.52 bits per heavy atom. The van der Waals surface area contributed by atoms with Crippen LogP contribution in [0.4, 0.5) is 0 Å². The van der Waals surface area contributed by atoms with Gasteiger partial charge < -0.3 is 9.52 Å². The Kier molecular flexibility index (Phi) is 4.63. The van der Waals surface area contributed by atoms with Gasteiger partial charge in [0.15, 0.2) is 0 Å². The van der Waals surface area contributed by atoms with E-state index in [1.165, 1.54) is 6.07 Å². The molecule has 5 nitrogen and oxygen atoms in total. The molecule has 3 rings (SSSR count). The maximum Gasteiger partial charge on any atom is 0.250 e. The topological polar surface area (TPSA) is 79.5 Å². The van der Waals surface area contributed by atoms with Gasteiger partial charge in [0.2, 0.25) is 10.0 Å². The predicted molar refractivity (Wildman–Crippen MR) is 88.6 cm³/mol. The highest BCUT2D eigenvalue weighted by Gasteiger charge is 2.17. The van der Waals surface area contributed by atoms with Crippen molar-refractivity contribution >= 4 is 21.4 Å². The molecule has 3 aromatic rings. The lowest BCUT2D eigenvalue weighted by Crippen LogP contribution is -2.27. The Morgan fingerprint density at radius 1 is 1.13 bits per heavy atom. The van der Waals surface area contributed by atoms with E-state index in [-0.39, 0.29) is 10.8 Å². The Hall–Kier alpha value is -1.93. The number of hydrogen-bond acceptors (Lipinski definition) is 5. The Balaban J connectivity index is 1.66. The molecular formula is C16H15NO4S2. The van der Waals surface area contributed by atoms with E-state index in [1.807, 2.05) is 18.2 Å². The van der Waals surface area contributed by atoms with Gasteiger partial charge in [0.05, 0.1) is 12.4 Å². The SMILES string of the molecule is O=S(=O)(NCC(O)c1ccc(-c2ccco2)cc1)c1cccs1. The summed E-state index contributed by atoms with van der Waals surface area (Å²) >= 11 is 1.14. The second kappa shape index (κ2) is 6.67. The first kappa shape index (κ1) is 15.9. The monoisotopic (exact) mass is 349 g/mol. The van der Waals surface area contributed by atoms with Gasteiger partial charge in [-0.15, -0.1) is 11.3 Å². The summed E-state index contributed by atoms with van der Waals surface area (Å²) in [5.41, 5.74) is 1.53. The van der Waals surface area contributed by atoms with Crippen LogP contribution in [-0.2, 0) is 10.0 Å². The van der Waals surface area contributed by atoms with Gasteiger partial charge in [0.25, 0.3) is 0 Å². The van der Waals surface area contributed by atoms with Gasteiger partial charge in [0.1, 0.15) is 9.97 Å². The molecule has 1 unspecified atom stereocenters. The van der Waals surface area contributed by atoms with Crippen LogP contribution in [0.25, 0.3) is 11.3 Å². The molecule has 0 amide bonds. The molecule has 0 aliphatic carbocycles. The van der Waals surface area contributed by atoms with Gasteiger partial charge in [-0.1, -0.05) is 30.3 Å². The quantitative estimate of drug-likeness (QED) is 0.717. The van der Waals surface area contributed by atoms with Crippen molar-refractivity contribution in [3.05, 3.63) is 65.7 Å². The molecule has 120 valence electrons. The van der Waals surface area contributed by atoms with Crippen molar-refractivity contribution < 1.29 is 17.9 Å². The number of sulfonamides is 1. The standard InChI is InChI=1S/C16H15NO4S2/c18-14(11-17-23(19,20)16-4-2-10-22-16)12-5-7-13(8-6-12)15-3-1-9-21-15/h1-10,14,17-18H,11H2.